The van der Waals surface area contributed by atoms with Crippen LogP contribution in [0.25, 0.3) is 0 Å². The van der Waals surface area contributed by atoms with Gasteiger partial charge in [-0.3, -0.25) is 0 Å². The molecule has 45 valence electrons. The van der Waals surface area contributed by atoms with Gasteiger partial charge >= 0.3 is 0 Å². The Kier molecular flexibility index (Phi) is 4.16. The summed E-state index contributed by atoms with van der Waals surface area (Å²) in [6.07, 6.45) is 3.80. The third kappa shape index (κ3) is 3.55. The Morgan fingerprint density at radius 2 is 2.25 bits per heavy atom. The topological polar surface area (TPSA) is 19.9 Å². The van der Waals surface area contributed by atoms with Crippen LogP contribution in [0.1, 0.15) is 26.7 Å². The lowest BCUT2D eigenvalue weighted by Gasteiger charge is -1.95. The zero-order valence-corrected chi connectivity index (χ0v) is 5.40. The molecule has 8 heavy (non-hydrogen) atoms. The second kappa shape index (κ2) is 4.52. The molecule has 0 spiro atoms. The summed E-state index contributed by atoms with van der Waals surface area (Å²) < 4.78 is 0. The molecular formula is C7H11O. The molecule has 0 bridgehead atoms. The Bertz CT molecular complexity index is 96.7. The molecule has 0 aromatic rings. The summed E-state index contributed by atoms with van der Waals surface area (Å²) in [4.78, 5) is 0. The molecule has 0 saturated carbocycles. The van der Waals surface area contributed by atoms with Crippen LogP contribution >= 0.6 is 0 Å². The van der Waals surface area contributed by atoms with Crippen LogP contribution < -0.4 is 0 Å². The standard InChI is InChI=1S/C7H11O/c1-3-4-7(2)5-6-8/h7H,3-4H2,1-2H3. The van der Waals surface area contributed by atoms with E-state index in [4.69, 9.17) is 0 Å². The van der Waals surface area contributed by atoms with E-state index in [0.29, 0.717) is 0 Å². The van der Waals surface area contributed by atoms with Gasteiger partial charge in [-0.25, -0.2) is 5.11 Å². The van der Waals surface area contributed by atoms with E-state index >= 15 is 0 Å². The molecule has 1 radical (unpaired) electrons. The van der Waals surface area contributed by atoms with Crippen LogP contribution in [0.5, 0.6) is 0 Å². The monoisotopic (exact) mass is 111 g/mol. The van der Waals surface area contributed by atoms with Crippen LogP contribution in [0.3, 0.4) is 0 Å². The third-order valence-corrected chi connectivity index (χ3v) is 1.03. The average Bonchev–Trinajstić information content (AvgIpc) is 1.68. The highest BCUT2D eigenvalue weighted by Gasteiger charge is 1.91. The molecule has 0 saturated heterocycles. The van der Waals surface area contributed by atoms with Gasteiger partial charge in [0.25, 0.3) is 0 Å². The molecule has 1 heteroatoms. The molecule has 0 aliphatic heterocycles. The van der Waals surface area contributed by atoms with Crippen molar-refractivity contribution in [2.45, 2.75) is 26.7 Å². The first kappa shape index (κ1) is 7.36. The number of rotatable bonds is 2. The van der Waals surface area contributed by atoms with Crippen LogP contribution in [0.4, 0.5) is 0 Å². The minimum Gasteiger partial charge on any atom is -0.224 e. The molecule has 0 aromatic carbocycles. The van der Waals surface area contributed by atoms with Gasteiger partial charge in [-0.05, 0) is 6.42 Å². The predicted molar refractivity (Wildman–Crippen MR) is 32.5 cm³/mol. The van der Waals surface area contributed by atoms with Crippen molar-refractivity contribution >= 4 is 0 Å². The van der Waals surface area contributed by atoms with Crippen molar-refractivity contribution in [3.63, 3.8) is 0 Å². The van der Waals surface area contributed by atoms with Gasteiger partial charge < -0.3 is 0 Å². The molecule has 0 aliphatic rings. The zero-order valence-electron chi connectivity index (χ0n) is 5.40. The first-order valence-electron chi connectivity index (χ1n) is 2.94. The molecule has 0 heterocycles. The second-order valence-corrected chi connectivity index (χ2v) is 1.94. The third-order valence-electron chi connectivity index (χ3n) is 1.03. The lowest BCUT2D eigenvalue weighted by molar-refractivity contribution is 0.389. The molecule has 0 N–H and O–H groups in total. The Labute approximate surface area is 50.7 Å². The van der Waals surface area contributed by atoms with Gasteiger partial charge in [0.05, 0.1) is 0 Å². The summed E-state index contributed by atoms with van der Waals surface area (Å²) in [7, 11) is 0. The molecule has 1 nitrogen and oxygen atoms in total. The van der Waals surface area contributed by atoms with Crippen molar-refractivity contribution in [1.29, 1.82) is 0 Å². The molecule has 0 aliphatic carbocycles. The first-order valence-corrected chi connectivity index (χ1v) is 2.94. The molecule has 1 unspecified atom stereocenters. The Morgan fingerprint density at radius 1 is 1.62 bits per heavy atom. The maximum atomic E-state index is 9.65. The van der Waals surface area contributed by atoms with Crippen molar-refractivity contribution in [1.82, 2.24) is 0 Å². The highest BCUT2D eigenvalue weighted by molar-refractivity contribution is 4.94. The molecule has 0 rings (SSSR count). The Balaban J connectivity index is 3.27. The SMILES string of the molecule is CCCC(C)C#C[O]. The predicted octanol–water partition coefficient (Wildman–Crippen LogP) is 1.81. The zero-order chi connectivity index (χ0) is 6.41. The highest BCUT2D eigenvalue weighted by Crippen LogP contribution is 2.01. The van der Waals surface area contributed by atoms with E-state index in [-0.39, 0.29) is 5.92 Å². The van der Waals surface area contributed by atoms with E-state index in [1.54, 1.807) is 6.11 Å². The average molecular weight is 111 g/mol. The fourth-order valence-electron chi connectivity index (χ4n) is 0.606. The minimum atomic E-state index is 0.289. The van der Waals surface area contributed by atoms with Gasteiger partial charge in [-0.1, -0.05) is 26.2 Å². The number of hydrogen-bond donors (Lipinski definition) is 0. The molecule has 1 atom stereocenters. The molecular weight excluding hydrogens is 100 g/mol. The van der Waals surface area contributed by atoms with Gasteiger partial charge in [0.1, 0.15) is 0 Å². The van der Waals surface area contributed by atoms with Crippen LogP contribution in [0.15, 0.2) is 0 Å². The van der Waals surface area contributed by atoms with Crippen molar-refractivity contribution in [2.24, 2.45) is 5.92 Å². The fourth-order valence-corrected chi connectivity index (χ4v) is 0.606. The van der Waals surface area contributed by atoms with Crippen LogP contribution in [-0.4, -0.2) is 0 Å². The normalized spacial score (nSPS) is 11.8. The first-order chi connectivity index (χ1) is 3.81. The van der Waals surface area contributed by atoms with Crippen molar-refractivity contribution in [3.05, 3.63) is 0 Å². The van der Waals surface area contributed by atoms with Crippen LogP contribution in [0, 0.1) is 17.9 Å². The van der Waals surface area contributed by atoms with E-state index in [0.717, 1.165) is 12.8 Å². The van der Waals surface area contributed by atoms with Gasteiger partial charge in [0, 0.05) is 5.92 Å². The summed E-state index contributed by atoms with van der Waals surface area (Å²) >= 11 is 0. The van der Waals surface area contributed by atoms with Crippen molar-refractivity contribution in [3.8, 4) is 12.0 Å². The number of hydrogen-bond acceptors (Lipinski definition) is 0. The molecule has 0 amide bonds. The van der Waals surface area contributed by atoms with Gasteiger partial charge in [-0.2, -0.15) is 0 Å². The van der Waals surface area contributed by atoms with Gasteiger partial charge in [0.15, 0.2) is 6.11 Å². The maximum Gasteiger partial charge on any atom is 0.172 e. The lowest BCUT2D eigenvalue weighted by atomic mass is 10.1. The smallest absolute Gasteiger partial charge is 0.172 e. The maximum absolute atomic E-state index is 9.65. The molecule has 0 aromatic heterocycles. The Morgan fingerprint density at radius 3 is 2.62 bits per heavy atom. The van der Waals surface area contributed by atoms with E-state index in [1.807, 2.05) is 6.92 Å². The quantitative estimate of drug-likeness (QED) is 0.484. The van der Waals surface area contributed by atoms with Gasteiger partial charge in [-0.15, -0.1) is 0 Å². The van der Waals surface area contributed by atoms with E-state index in [1.165, 1.54) is 0 Å². The van der Waals surface area contributed by atoms with Crippen molar-refractivity contribution < 1.29 is 5.11 Å². The summed E-state index contributed by atoms with van der Waals surface area (Å²) in [5.41, 5.74) is 0. The Hall–Kier alpha value is -0.640. The highest BCUT2D eigenvalue weighted by atomic mass is 16.2. The summed E-state index contributed by atoms with van der Waals surface area (Å²) in [6, 6.07) is 0. The summed E-state index contributed by atoms with van der Waals surface area (Å²) in [5, 5.41) is 9.65. The van der Waals surface area contributed by atoms with E-state index in [2.05, 4.69) is 12.8 Å². The minimum absolute atomic E-state index is 0.289. The second-order valence-electron chi connectivity index (χ2n) is 1.94. The van der Waals surface area contributed by atoms with Crippen LogP contribution in [0.2, 0.25) is 0 Å². The summed E-state index contributed by atoms with van der Waals surface area (Å²) in [6.45, 7) is 4.05. The van der Waals surface area contributed by atoms with E-state index < -0.39 is 0 Å². The van der Waals surface area contributed by atoms with Crippen LogP contribution in [-0.2, 0) is 5.11 Å². The lowest BCUT2D eigenvalue weighted by Crippen LogP contribution is -1.86. The van der Waals surface area contributed by atoms with Gasteiger partial charge in [0.2, 0.25) is 0 Å². The largest absolute Gasteiger partial charge is 0.224 e. The summed E-state index contributed by atoms with van der Waals surface area (Å²) in [5.74, 6) is 2.83. The van der Waals surface area contributed by atoms with E-state index in [9.17, 15) is 5.11 Å². The molecule has 0 fully saturated rings. The van der Waals surface area contributed by atoms with Crippen molar-refractivity contribution in [2.75, 3.05) is 0 Å². The fraction of sp³-hybridized carbons (Fsp3) is 0.714.